The predicted molar refractivity (Wildman–Crippen MR) is 141 cm³/mol. The molecule has 0 N–H and O–H groups in total. The number of hydrogen-bond acceptors (Lipinski definition) is 2. The first kappa shape index (κ1) is 27.5. The van der Waals surface area contributed by atoms with Gasteiger partial charge in [0.1, 0.15) is 0 Å². The monoisotopic (exact) mass is 462 g/mol. The summed E-state index contributed by atoms with van der Waals surface area (Å²) >= 11 is 0. The Morgan fingerprint density at radius 1 is 0.727 bits per heavy atom. The van der Waals surface area contributed by atoms with Crippen molar-refractivity contribution in [2.45, 2.75) is 126 Å². The molecule has 0 aromatic heterocycles. The molecule has 0 aromatic carbocycles. The molecule has 0 radical (unpaired) electrons. The molecule has 194 valence electrons. The van der Waals surface area contributed by atoms with Gasteiger partial charge in [-0.05, 0) is 97.7 Å². The van der Waals surface area contributed by atoms with Crippen molar-refractivity contribution in [2.75, 3.05) is 6.61 Å². The maximum Gasteiger partial charge on any atom is 0.0604 e. The SMILES string of the molecule is CCC1OC(C)C(C)C(C(C)C2CCCC(C)C(C)C(CCC3OCC(C)C3C)C2C)C1C. The van der Waals surface area contributed by atoms with Crippen molar-refractivity contribution >= 4 is 0 Å². The molecular weight excluding hydrogens is 404 g/mol. The fourth-order valence-corrected chi connectivity index (χ4v) is 8.61. The topological polar surface area (TPSA) is 18.5 Å². The van der Waals surface area contributed by atoms with Crippen LogP contribution in [0.15, 0.2) is 0 Å². The second-order valence-electron chi connectivity index (χ2n) is 13.2. The summed E-state index contributed by atoms with van der Waals surface area (Å²) in [7, 11) is 0. The Hall–Kier alpha value is -0.0800. The normalized spacial score (nSPS) is 50.5. The van der Waals surface area contributed by atoms with Gasteiger partial charge in [-0.2, -0.15) is 0 Å². The molecule has 0 aromatic rings. The number of ether oxygens (including phenoxy) is 2. The highest BCUT2D eigenvalue weighted by Gasteiger charge is 2.46. The highest BCUT2D eigenvalue weighted by Crippen LogP contribution is 2.50. The van der Waals surface area contributed by atoms with Crippen LogP contribution in [-0.2, 0) is 9.47 Å². The van der Waals surface area contributed by atoms with E-state index in [4.69, 9.17) is 9.47 Å². The van der Waals surface area contributed by atoms with E-state index in [9.17, 15) is 0 Å². The van der Waals surface area contributed by atoms with Crippen molar-refractivity contribution in [3.63, 3.8) is 0 Å². The molecule has 2 heteroatoms. The lowest BCUT2D eigenvalue weighted by Gasteiger charge is -2.51. The summed E-state index contributed by atoms with van der Waals surface area (Å²) in [6, 6.07) is 0. The van der Waals surface area contributed by atoms with Gasteiger partial charge in [-0.1, -0.05) is 75.2 Å². The van der Waals surface area contributed by atoms with Gasteiger partial charge < -0.3 is 9.47 Å². The van der Waals surface area contributed by atoms with Gasteiger partial charge in [0.05, 0.1) is 18.3 Å². The van der Waals surface area contributed by atoms with Crippen LogP contribution in [0.2, 0.25) is 0 Å². The quantitative estimate of drug-likeness (QED) is 0.394. The molecule has 0 bridgehead atoms. The molecule has 3 fully saturated rings. The molecule has 2 nitrogen and oxygen atoms in total. The lowest BCUT2D eigenvalue weighted by atomic mass is 9.58. The summed E-state index contributed by atoms with van der Waals surface area (Å²) in [5.41, 5.74) is 0. The van der Waals surface area contributed by atoms with Gasteiger partial charge in [0.15, 0.2) is 0 Å². The van der Waals surface area contributed by atoms with Crippen molar-refractivity contribution < 1.29 is 9.47 Å². The van der Waals surface area contributed by atoms with E-state index < -0.39 is 0 Å². The zero-order valence-corrected chi connectivity index (χ0v) is 23.8. The molecule has 0 spiro atoms. The Balaban J connectivity index is 1.78. The Kier molecular flexibility index (Phi) is 9.81. The first-order chi connectivity index (χ1) is 15.6. The molecule has 33 heavy (non-hydrogen) atoms. The van der Waals surface area contributed by atoms with E-state index in [1.807, 2.05) is 0 Å². The molecule has 2 heterocycles. The zero-order chi connectivity index (χ0) is 24.4. The molecule has 1 aliphatic carbocycles. The largest absolute Gasteiger partial charge is 0.378 e. The minimum atomic E-state index is 0.389. The van der Waals surface area contributed by atoms with Crippen LogP contribution in [0.25, 0.3) is 0 Å². The summed E-state index contributed by atoms with van der Waals surface area (Å²) in [5, 5.41) is 0. The number of rotatable bonds is 6. The Bertz CT molecular complexity index is 589. The molecule has 1 saturated carbocycles. The predicted octanol–water partition coefficient (Wildman–Crippen LogP) is 8.48. The molecule has 0 amide bonds. The zero-order valence-electron chi connectivity index (χ0n) is 23.8. The van der Waals surface area contributed by atoms with Crippen molar-refractivity contribution in [2.24, 2.45) is 65.1 Å². The van der Waals surface area contributed by atoms with E-state index in [0.29, 0.717) is 36.1 Å². The van der Waals surface area contributed by atoms with Gasteiger partial charge in [-0.15, -0.1) is 0 Å². The molecule has 14 unspecified atom stereocenters. The molecule has 2 aliphatic heterocycles. The van der Waals surface area contributed by atoms with Crippen LogP contribution in [0.4, 0.5) is 0 Å². The van der Waals surface area contributed by atoms with Crippen molar-refractivity contribution in [1.82, 2.24) is 0 Å². The fraction of sp³-hybridized carbons (Fsp3) is 1.00. The third-order valence-electron chi connectivity index (χ3n) is 11.6. The van der Waals surface area contributed by atoms with E-state index in [2.05, 4.69) is 69.2 Å². The lowest BCUT2D eigenvalue weighted by molar-refractivity contribution is -0.150. The standard InChI is InChI=1S/C31H58O2/c1-11-29-25(9)31(22(6)26(10)33-29)24(8)27-14-12-13-18(2)20(4)28(23(27)7)15-16-30-21(5)19(3)17-32-30/h18-31H,11-17H2,1-10H3. The second kappa shape index (κ2) is 11.8. The third-order valence-corrected chi connectivity index (χ3v) is 11.6. The van der Waals surface area contributed by atoms with Gasteiger partial charge >= 0.3 is 0 Å². The molecular formula is C31H58O2. The van der Waals surface area contributed by atoms with E-state index in [0.717, 1.165) is 60.4 Å². The summed E-state index contributed by atoms with van der Waals surface area (Å²) < 4.78 is 12.7. The molecule has 2 saturated heterocycles. The van der Waals surface area contributed by atoms with Crippen LogP contribution < -0.4 is 0 Å². The summed E-state index contributed by atoms with van der Waals surface area (Å²) in [4.78, 5) is 0. The van der Waals surface area contributed by atoms with Crippen molar-refractivity contribution in [3.8, 4) is 0 Å². The highest BCUT2D eigenvalue weighted by atomic mass is 16.5. The van der Waals surface area contributed by atoms with Crippen LogP contribution >= 0.6 is 0 Å². The molecule has 14 atom stereocenters. The minimum Gasteiger partial charge on any atom is -0.378 e. The Morgan fingerprint density at radius 3 is 2.03 bits per heavy atom. The van der Waals surface area contributed by atoms with Crippen LogP contribution in [0, 0.1) is 65.1 Å². The first-order valence-electron chi connectivity index (χ1n) is 14.8. The van der Waals surface area contributed by atoms with E-state index in [-0.39, 0.29) is 0 Å². The van der Waals surface area contributed by atoms with Crippen LogP contribution in [0.1, 0.15) is 108 Å². The van der Waals surface area contributed by atoms with E-state index in [1.54, 1.807) is 0 Å². The minimum absolute atomic E-state index is 0.389. The van der Waals surface area contributed by atoms with Crippen LogP contribution in [0.3, 0.4) is 0 Å². The van der Waals surface area contributed by atoms with Gasteiger partial charge in [-0.3, -0.25) is 0 Å². The Labute approximate surface area is 207 Å². The second-order valence-corrected chi connectivity index (χ2v) is 13.2. The average molecular weight is 463 g/mol. The number of hydrogen-bond donors (Lipinski definition) is 0. The van der Waals surface area contributed by atoms with Gasteiger partial charge in [0.25, 0.3) is 0 Å². The van der Waals surface area contributed by atoms with E-state index >= 15 is 0 Å². The van der Waals surface area contributed by atoms with E-state index in [1.165, 1.54) is 32.1 Å². The first-order valence-corrected chi connectivity index (χ1v) is 14.8. The highest BCUT2D eigenvalue weighted by molar-refractivity contribution is 4.94. The smallest absolute Gasteiger partial charge is 0.0604 e. The summed E-state index contributed by atoms with van der Waals surface area (Å²) in [6.07, 6.45) is 9.32. The fourth-order valence-electron chi connectivity index (χ4n) is 8.61. The van der Waals surface area contributed by atoms with Crippen LogP contribution in [0.5, 0.6) is 0 Å². The maximum atomic E-state index is 6.45. The van der Waals surface area contributed by atoms with Gasteiger partial charge in [0.2, 0.25) is 0 Å². The summed E-state index contributed by atoms with van der Waals surface area (Å²) in [6.45, 7) is 25.7. The maximum absolute atomic E-state index is 6.45. The molecule has 3 rings (SSSR count). The van der Waals surface area contributed by atoms with Crippen LogP contribution in [-0.4, -0.2) is 24.9 Å². The third kappa shape index (κ3) is 5.84. The van der Waals surface area contributed by atoms with Gasteiger partial charge in [-0.25, -0.2) is 0 Å². The Morgan fingerprint density at radius 2 is 1.42 bits per heavy atom. The average Bonchev–Trinajstić information content (AvgIpc) is 3.10. The van der Waals surface area contributed by atoms with Gasteiger partial charge in [0, 0.05) is 6.61 Å². The van der Waals surface area contributed by atoms with Crippen molar-refractivity contribution in [1.29, 1.82) is 0 Å². The van der Waals surface area contributed by atoms with Crippen molar-refractivity contribution in [3.05, 3.63) is 0 Å². The lowest BCUT2D eigenvalue weighted by Crippen LogP contribution is -2.49. The molecule has 3 aliphatic rings. The summed E-state index contributed by atoms with van der Waals surface area (Å²) in [5.74, 6) is 8.42.